The number of phenols is 2. The van der Waals surface area contributed by atoms with Crippen molar-refractivity contribution < 1.29 is 15.0 Å². The zero-order chi connectivity index (χ0) is 31.6. The van der Waals surface area contributed by atoms with E-state index in [9.17, 15) is 15.0 Å². The SMILES string of the molecule is CC(C)(C)c1cc(SC2(Sc3cc(C(C)(C)C)c(O)c(C(C)(C)C)c3)C(=O)Nc3ccccc32)cc(C(C)(C)C)c1O. The third-order valence-electron chi connectivity index (χ3n) is 7.75. The second kappa shape index (κ2) is 10.6. The van der Waals surface area contributed by atoms with Crippen LogP contribution in [0.15, 0.2) is 58.3 Å². The predicted octanol–water partition coefficient (Wildman–Crippen LogP) is 9.98. The van der Waals surface area contributed by atoms with Crippen LogP contribution < -0.4 is 5.32 Å². The maximum absolute atomic E-state index is 14.2. The number of phenolic OH excluding ortho intramolecular Hbond substituents is 2. The van der Waals surface area contributed by atoms with Crippen molar-refractivity contribution in [1.29, 1.82) is 0 Å². The Bertz CT molecular complexity index is 1380. The minimum Gasteiger partial charge on any atom is -0.507 e. The summed E-state index contributed by atoms with van der Waals surface area (Å²) >= 11 is 3.04. The Kier molecular flexibility index (Phi) is 8.13. The van der Waals surface area contributed by atoms with Gasteiger partial charge in [-0.2, -0.15) is 0 Å². The van der Waals surface area contributed by atoms with Crippen LogP contribution in [0.2, 0.25) is 0 Å². The third kappa shape index (κ3) is 6.07. The number of carbonyl (C=O) groups excluding carboxylic acids is 1. The van der Waals surface area contributed by atoms with E-state index in [1.807, 2.05) is 48.5 Å². The van der Waals surface area contributed by atoms with Gasteiger partial charge in [0.25, 0.3) is 5.91 Å². The van der Waals surface area contributed by atoms with Crippen LogP contribution in [0.5, 0.6) is 11.5 Å². The molecule has 42 heavy (non-hydrogen) atoms. The number of hydrogen-bond acceptors (Lipinski definition) is 5. The van der Waals surface area contributed by atoms with E-state index in [1.54, 1.807) is 0 Å². The van der Waals surface area contributed by atoms with Gasteiger partial charge in [0, 0.05) is 43.3 Å². The second-order valence-corrected chi connectivity index (χ2v) is 18.4. The van der Waals surface area contributed by atoms with Crippen molar-refractivity contribution in [3.05, 3.63) is 76.3 Å². The first kappa shape index (κ1) is 32.3. The largest absolute Gasteiger partial charge is 0.507 e. The number of hydrogen-bond donors (Lipinski definition) is 3. The molecule has 3 aromatic carbocycles. The van der Waals surface area contributed by atoms with Crippen LogP contribution in [0.4, 0.5) is 5.69 Å². The Morgan fingerprint density at radius 1 is 0.595 bits per heavy atom. The lowest BCUT2D eigenvalue weighted by Crippen LogP contribution is -2.28. The summed E-state index contributed by atoms with van der Waals surface area (Å²) in [5.41, 5.74) is 3.98. The van der Waals surface area contributed by atoms with Crippen molar-refractivity contribution in [3.8, 4) is 11.5 Å². The van der Waals surface area contributed by atoms with Crippen LogP contribution in [0.1, 0.15) is 111 Å². The molecule has 0 bridgehead atoms. The lowest BCUT2D eigenvalue weighted by Gasteiger charge is -2.32. The van der Waals surface area contributed by atoms with Crippen molar-refractivity contribution in [1.82, 2.24) is 0 Å². The summed E-state index contributed by atoms with van der Waals surface area (Å²) < 4.78 is -1.03. The zero-order valence-corrected chi connectivity index (χ0v) is 28.9. The van der Waals surface area contributed by atoms with Crippen molar-refractivity contribution in [2.45, 2.75) is 119 Å². The molecule has 1 aliphatic heterocycles. The Balaban J connectivity index is 1.99. The van der Waals surface area contributed by atoms with E-state index in [1.165, 1.54) is 23.5 Å². The van der Waals surface area contributed by atoms with Crippen LogP contribution in [-0.2, 0) is 30.5 Å². The summed E-state index contributed by atoms with van der Waals surface area (Å²) in [4.78, 5) is 16.0. The molecule has 0 saturated carbocycles. The molecule has 3 aromatic rings. The topological polar surface area (TPSA) is 69.6 Å². The molecular weight excluding hydrogens is 559 g/mol. The number of aromatic hydroxyl groups is 2. The van der Waals surface area contributed by atoms with Crippen LogP contribution in [0.25, 0.3) is 0 Å². The molecule has 4 rings (SSSR count). The Morgan fingerprint density at radius 2 is 0.929 bits per heavy atom. The Labute approximate surface area is 261 Å². The first-order chi connectivity index (χ1) is 19.1. The van der Waals surface area contributed by atoms with Gasteiger partial charge >= 0.3 is 0 Å². The molecule has 4 nitrogen and oxygen atoms in total. The van der Waals surface area contributed by atoms with Gasteiger partial charge < -0.3 is 15.5 Å². The van der Waals surface area contributed by atoms with Crippen molar-refractivity contribution in [3.63, 3.8) is 0 Å². The number of para-hydroxylation sites is 1. The summed E-state index contributed by atoms with van der Waals surface area (Å²) in [7, 11) is 0. The molecule has 6 heteroatoms. The van der Waals surface area contributed by atoms with Gasteiger partial charge in [-0.3, -0.25) is 4.79 Å². The van der Waals surface area contributed by atoms with Gasteiger partial charge in [0.2, 0.25) is 0 Å². The molecule has 0 aromatic heterocycles. The molecule has 3 N–H and O–H groups in total. The monoisotopic (exact) mass is 605 g/mol. The number of anilines is 1. The smallest absolute Gasteiger partial charge is 0.256 e. The maximum atomic E-state index is 14.2. The molecule has 0 radical (unpaired) electrons. The van der Waals surface area contributed by atoms with E-state index in [0.717, 1.165) is 43.3 Å². The minimum atomic E-state index is -1.03. The number of carbonyl (C=O) groups is 1. The van der Waals surface area contributed by atoms with E-state index in [2.05, 4.69) is 88.4 Å². The standard InChI is InChI=1S/C36H47NO3S2/c1-32(2,3)24-17-21(18-25(29(24)38)33(4,5)6)41-36(23-15-13-14-16-28(23)37-31(36)40)42-22-19-26(34(7,8)9)30(39)27(20-22)35(10,11)12/h13-20,38-39H,1-12H3,(H,37,40). The summed E-state index contributed by atoms with van der Waals surface area (Å²) in [5.74, 6) is 0.546. The van der Waals surface area contributed by atoms with E-state index < -0.39 is 4.08 Å². The van der Waals surface area contributed by atoms with Gasteiger partial charge in [-0.05, 0) is 52.0 Å². The van der Waals surface area contributed by atoms with E-state index in [0.29, 0.717) is 11.5 Å². The van der Waals surface area contributed by atoms with Crippen LogP contribution in [0, 0.1) is 0 Å². The van der Waals surface area contributed by atoms with Crippen molar-refractivity contribution in [2.75, 3.05) is 5.32 Å². The fourth-order valence-corrected chi connectivity index (χ4v) is 8.36. The van der Waals surface area contributed by atoms with Crippen LogP contribution >= 0.6 is 23.5 Å². The quantitative estimate of drug-likeness (QED) is 0.258. The summed E-state index contributed by atoms with van der Waals surface area (Å²) in [5, 5.41) is 25.9. The third-order valence-corrected chi connectivity index (χ3v) is 10.6. The van der Waals surface area contributed by atoms with Gasteiger partial charge in [-0.25, -0.2) is 0 Å². The molecule has 1 amide bonds. The normalized spacial score (nSPS) is 15.5. The fourth-order valence-electron chi connectivity index (χ4n) is 5.38. The van der Waals surface area contributed by atoms with E-state index >= 15 is 0 Å². The molecule has 0 atom stereocenters. The number of fused-ring (bicyclic) bond motifs is 1. The predicted molar refractivity (Wildman–Crippen MR) is 179 cm³/mol. The highest BCUT2D eigenvalue weighted by atomic mass is 32.2. The molecule has 0 saturated heterocycles. The average Bonchev–Trinajstić information content (AvgIpc) is 3.09. The van der Waals surface area contributed by atoms with Gasteiger partial charge in [0.15, 0.2) is 4.08 Å². The number of amides is 1. The molecule has 226 valence electrons. The first-order valence-electron chi connectivity index (χ1n) is 14.6. The van der Waals surface area contributed by atoms with Crippen LogP contribution in [0.3, 0.4) is 0 Å². The number of benzene rings is 3. The molecule has 0 unspecified atom stereocenters. The highest BCUT2D eigenvalue weighted by molar-refractivity contribution is 8.18. The van der Waals surface area contributed by atoms with Gasteiger partial charge in [-0.1, -0.05) is 125 Å². The lowest BCUT2D eigenvalue weighted by molar-refractivity contribution is -0.116. The Morgan fingerprint density at radius 3 is 1.26 bits per heavy atom. The van der Waals surface area contributed by atoms with Gasteiger partial charge in [-0.15, -0.1) is 0 Å². The summed E-state index contributed by atoms with van der Waals surface area (Å²) in [6, 6.07) is 16.1. The zero-order valence-electron chi connectivity index (χ0n) is 27.2. The maximum Gasteiger partial charge on any atom is 0.256 e. The molecular formula is C36H47NO3S2. The molecule has 0 fully saturated rings. The number of rotatable bonds is 4. The molecule has 0 aliphatic carbocycles. The molecule has 0 spiro atoms. The Hall–Kier alpha value is -2.57. The van der Waals surface area contributed by atoms with Crippen molar-refractivity contribution in [2.24, 2.45) is 0 Å². The van der Waals surface area contributed by atoms with Crippen molar-refractivity contribution >= 4 is 35.1 Å². The number of thioether (sulfide) groups is 2. The van der Waals surface area contributed by atoms with Gasteiger partial charge in [0.05, 0.1) is 0 Å². The lowest BCUT2D eigenvalue weighted by atomic mass is 9.79. The number of nitrogens with one attached hydrogen (secondary N) is 1. The fraction of sp³-hybridized carbons (Fsp3) is 0.472. The molecule has 1 aliphatic rings. The van der Waals surface area contributed by atoms with Gasteiger partial charge in [0.1, 0.15) is 11.5 Å². The van der Waals surface area contributed by atoms with Crippen LogP contribution in [-0.4, -0.2) is 16.1 Å². The van der Waals surface area contributed by atoms with E-state index in [4.69, 9.17) is 0 Å². The summed E-state index contributed by atoms with van der Waals surface area (Å²) in [6.45, 7) is 25.2. The highest BCUT2D eigenvalue weighted by Crippen LogP contribution is 2.60. The summed E-state index contributed by atoms with van der Waals surface area (Å²) in [6.07, 6.45) is 0. The highest BCUT2D eigenvalue weighted by Gasteiger charge is 2.49. The minimum absolute atomic E-state index is 0.0934. The van der Waals surface area contributed by atoms with E-state index in [-0.39, 0.29) is 27.6 Å². The second-order valence-electron chi connectivity index (χ2n) is 15.6. The first-order valence-corrected chi connectivity index (χ1v) is 16.2. The average molecular weight is 606 g/mol. The molecule has 1 heterocycles.